The summed E-state index contributed by atoms with van der Waals surface area (Å²) in [7, 11) is 1.79. The second-order valence-corrected chi connectivity index (χ2v) is 4.31. The zero-order valence-corrected chi connectivity index (χ0v) is 10.9. The summed E-state index contributed by atoms with van der Waals surface area (Å²) < 4.78 is 1.82. The third kappa shape index (κ3) is 2.17. The van der Waals surface area contributed by atoms with E-state index < -0.39 is 0 Å². The molecule has 0 radical (unpaired) electrons. The Morgan fingerprint density at radius 2 is 2.16 bits per heavy atom. The van der Waals surface area contributed by atoms with Crippen LogP contribution in [0.25, 0.3) is 5.65 Å². The summed E-state index contributed by atoms with van der Waals surface area (Å²) in [6, 6.07) is 7.42. The predicted molar refractivity (Wildman–Crippen MR) is 75.1 cm³/mol. The fourth-order valence-corrected chi connectivity index (χ4v) is 1.98. The van der Waals surface area contributed by atoms with Gasteiger partial charge in [0.1, 0.15) is 0 Å². The van der Waals surface area contributed by atoms with Gasteiger partial charge in [-0.2, -0.15) is 0 Å². The second-order valence-electron chi connectivity index (χ2n) is 3.88. The number of nitrogens with zero attached hydrogens (tertiary/aromatic N) is 4. The van der Waals surface area contributed by atoms with Gasteiger partial charge in [0.2, 0.25) is 11.6 Å². The van der Waals surface area contributed by atoms with Crippen LogP contribution in [0.1, 0.15) is 0 Å². The summed E-state index contributed by atoms with van der Waals surface area (Å²) in [6.45, 7) is 0. The standard InChI is InChI=1S/C12H11ClN6/c1-14-12-18-17-11-10(15-5-6-19(11)12)16-9-4-2-3-8(13)7-9/h2-7H,1H3,(H,14,18)(H,15,16). The molecule has 6 nitrogen and oxygen atoms in total. The van der Waals surface area contributed by atoms with Crippen molar-refractivity contribution in [3.63, 3.8) is 0 Å². The summed E-state index contributed by atoms with van der Waals surface area (Å²) in [4.78, 5) is 4.27. The number of benzene rings is 1. The lowest BCUT2D eigenvalue weighted by Crippen LogP contribution is -1.99. The molecule has 2 heterocycles. The topological polar surface area (TPSA) is 67.1 Å². The lowest BCUT2D eigenvalue weighted by atomic mass is 10.3. The van der Waals surface area contributed by atoms with E-state index in [9.17, 15) is 0 Å². The van der Waals surface area contributed by atoms with Crippen LogP contribution in [0.2, 0.25) is 5.02 Å². The molecule has 96 valence electrons. The highest BCUT2D eigenvalue weighted by atomic mass is 35.5. The molecule has 0 unspecified atom stereocenters. The number of hydrogen-bond acceptors (Lipinski definition) is 5. The van der Waals surface area contributed by atoms with Gasteiger partial charge in [-0.25, -0.2) is 4.98 Å². The fraction of sp³-hybridized carbons (Fsp3) is 0.0833. The van der Waals surface area contributed by atoms with Crippen LogP contribution < -0.4 is 10.6 Å². The Labute approximate surface area is 114 Å². The minimum Gasteiger partial charge on any atom is -0.357 e. The Hall–Kier alpha value is -2.34. The summed E-state index contributed by atoms with van der Waals surface area (Å²) >= 11 is 5.95. The van der Waals surface area contributed by atoms with E-state index >= 15 is 0 Å². The molecule has 1 aromatic carbocycles. The zero-order chi connectivity index (χ0) is 13.2. The van der Waals surface area contributed by atoms with Crippen molar-refractivity contribution < 1.29 is 0 Å². The Morgan fingerprint density at radius 1 is 1.26 bits per heavy atom. The van der Waals surface area contributed by atoms with Gasteiger partial charge in [-0.05, 0) is 18.2 Å². The predicted octanol–water partition coefficient (Wildman–Crippen LogP) is 2.56. The number of rotatable bonds is 3. The van der Waals surface area contributed by atoms with Crippen LogP contribution in [-0.2, 0) is 0 Å². The molecule has 0 saturated heterocycles. The molecule has 19 heavy (non-hydrogen) atoms. The molecule has 7 heteroatoms. The monoisotopic (exact) mass is 274 g/mol. The first kappa shape index (κ1) is 11.7. The molecule has 0 aliphatic carbocycles. The van der Waals surface area contributed by atoms with E-state index in [1.54, 1.807) is 19.4 Å². The van der Waals surface area contributed by atoms with Crippen molar-refractivity contribution in [3.05, 3.63) is 41.7 Å². The third-order valence-electron chi connectivity index (χ3n) is 2.64. The van der Waals surface area contributed by atoms with Gasteiger partial charge in [-0.1, -0.05) is 17.7 Å². The lowest BCUT2D eigenvalue weighted by molar-refractivity contribution is 1.09. The zero-order valence-electron chi connectivity index (χ0n) is 10.1. The van der Waals surface area contributed by atoms with Crippen LogP contribution in [0.15, 0.2) is 36.7 Å². The minimum absolute atomic E-state index is 0.624. The molecule has 0 spiro atoms. The highest BCUT2D eigenvalue weighted by molar-refractivity contribution is 6.30. The summed E-state index contributed by atoms with van der Waals surface area (Å²) in [5.74, 6) is 1.28. The summed E-state index contributed by atoms with van der Waals surface area (Å²) in [5, 5.41) is 14.9. The Bertz CT molecular complexity index is 723. The van der Waals surface area contributed by atoms with E-state index in [1.807, 2.05) is 28.7 Å². The van der Waals surface area contributed by atoms with E-state index in [1.165, 1.54) is 0 Å². The van der Waals surface area contributed by atoms with Gasteiger partial charge in [0.25, 0.3) is 0 Å². The number of nitrogens with one attached hydrogen (secondary N) is 2. The largest absolute Gasteiger partial charge is 0.357 e. The van der Waals surface area contributed by atoms with Crippen LogP contribution >= 0.6 is 11.6 Å². The Morgan fingerprint density at radius 3 is 2.95 bits per heavy atom. The average molecular weight is 275 g/mol. The number of anilines is 3. The van der Waals surface area contributed by atoms with Crippen molar-refractivity contribution in [2.24, 2.45) is 0 Å². The first-order valence-corrected chi connectivity index (χ1v) is 6.06. The van der Waals surface area contributed by atoms with Crippen molar-refractivity contribution in [3.8, 4) is 0 Å². The normalized spacial score (nSPS) is 10.6. The molecule has 0 fully saturated rings. The molecule has 2 aromatic heterocycles. The van der Waals surface area contributed by atoms with Crippen molar-refractivity contribution in [1.82, 2.24) is 19.6 Å². The van der Waals surface area contributed by atoms with Crippen LogP contribution in [0.3, 0.4) is 0 Å². The molecule has 0 atom stereocenters. The van der Waals surface area contributed by atoms with Gasteiger partial charge >= 0.3 is 0 Å². The molecule has 0 aliphatic rings. The van der Waals surface area contributed by atoms with E-state index in [2.05, 4.69) is 25.8 Å². The quantitative estimate of drug-likeness (QED) is 0.768. The highest BCUT2D eigenvalue weighted by Gasteiger charge is 2.09. The van der Waals surface area contributed by atoms with Gasteiger partial charge < -0.3 is 10.6 Å². The smallest absolute Gasteiger partial charge is 0.228 e. The molecule has 3 rings (SSSR count). The molecule has 3 aromatic rings. The second kappa shape index (κ2) is 4.74. The molecule has 0 aliphatic heterocycles. The molecule has 2 N–H and O–H groups in total. The lowest BCUT2D eigenvalue weighted by Gasteiger charge is -2.06. The first-order chi connectivity index (χ1) is 9.28. The van der Waals surface area contributed by atoms with E-state index in [-0.39, 0.29) is 0 Å². The minimum atomic E-state index is 0.624. The maximum atomic E-state index is 5.95. The maximum Gasteiger partial charge on any atom is 0.228 e. The van der Waals surface area contributed by atoms with Crippen molar-refractivity contribution in [1.29, 1.82) is 0 Å². The average Bonchev–Trinajstić information content (AvgIpc) is 2.83. The van der Waals surface area contributed by atoms with E-state index in [0.717, 1.165) is 5.69 Å². The Balaban J connectivity index is 2.03. The number of fused-ring (bicyclic) bond motifs is 1. The SMILES string of the molecule is CNc1nnc2c(Nc3cccc(Cl)c3)nccn12. The molecular weight excluding hydrogens is 264 g/mol. The number of aromatic nitrogens is 4. The van der Waals surface area contributed by atoms with Crippen molar-refractivity contribution in [2.75, 3.05) is 17.7 Å². The van der Waals surface area contributed by atoms with Gasteiger partial charge in [0.05, 0.1) is 0 Å². The molecule has 0 saturated carbocycles. The van der Waals surface area contributed by atoms with Gasteiger partial charge in [-0.15, -0.1) is 10.2 Å². The highest BCUT2D eigenvalue weighted by Crippen LogP contribution is 2.22. The van der Waals surface area contributed by atoms with Crippen molar-refractivity contribution in [2.45, 2.75) is 0 Å². The molecule has 0 amide bonds. The molecule has 0 bridgehead atoms. The third-order valence-corrected chi connectivity index (χ3v) is 2.87. The van der Waals surface area contributed by atoms with Gasteiger partial charge in [-0.3, -0.25) is 4.40 Å². The van der Waals surface area contributed by atoms with Crippen LogP contribution in [0, 0.1) is 0 Å². The summed E-state index contributed by atoms with van der Waals surface area (Å²) in [5.41, 5.74) is 1.49. The van der Waals surface area contributed by atoms with Crippen LogP contribution in [0.5, 0.6) is 0 Å². The Kier molecular flexibility index (Phi) is 2.92. The number of halogens is 1. The van der Waals surface area contributed by atoms with Crippen LogP contribution in [-0.4, -0.2) is 26.6 Å². The van der Waals surface area contributed by atoms with Gasteiger partial charge in [0, 0.05) is 30.2 Å². The van der Waals surface area contributed by atoms with Crippen LogP contribution in [0.4, 0.5) is 17.5 Å². The fourth-order valence-electron chi connectivity index (χ4n) is 1.79. The van der Waals surface area contributed by atoms with E-state index in [0.29, 0.717) is 22.4 Å². The molecular formula is C12H11ClN6. The number of hydrogen-bond donors (Lipinski definition) is 2. The summed E-state index contributed by atoms with van der Waals surface area (Å²) in [6.07, 6.45) is 3.48. The maximum absolute atomic E-state index is 5.95. The van der Waals surface area contributed by atoms with E-state index in [4.69, 9.17) is 11.6 Å². The first-order valence-electron chi connectivity index (χ1n) is 5.68. The van der Waals surface area contributed by atoms with Gasteiger partial charge in [0.15, 0.2) is 5.82 Å². The van der Waals surface area contributed by atoms with Crippen molar-refractivity contribution >= 4 is 34.7 Å².